The zero-order valence-electron chi connectivity index (χ0n) is 15.5. The Hall–Kier alpha value is -3.02. The summed E-state index contributed by atoms with van der Waals surface area (Å²) in [5, 5.41) is 6.64. The lowest BCUT2D eigenvalue weighted by atomic mass is 10.2. The number of para-hydroxylation sites is 3. The Morgan fingerprint density at radius 2 is 1.88 bits per heavy atom. The van der Waals surface area contributed by atoms with Gasteiger partial charge in [-0.2, -0.15) is 0 Å². The van der Waals surface area contributed by atoms with E-state index in [2.05, 4.69) is 38.2 Å². The summed E-state index contributed by atoms with van der Waals surface area (Å²) in [4.78, 5) is 9.36. The Kier molecular flexibility index (Phi) is 5.73. The quantitative estimate of drug-likeness (QED) is 0.529. The molecule has 0 amide bonds. The van der Waals surface area contributed by atoms with Gasteiger partial charge in [0.25, 0.3) is 0 Å². The molecular weight excluding hydrogens is 326 g/mol. The fourth-order valence-corrected chi connectivity index (χ4v) is 2.86. The normalized spacial score (nSPS) is 11.6. The maximum atomic E-state index is 5.39. The van der Waals surface area contributed by atoms with Crippen molar-refractivity contribution in [2.45, 2.75) is 20.0 Å². The average molecular weight is 351 g/mol. The first kappa shape index (κ1) is 17.8. The Morgan fingerprint density at radius 3 is 2.65 bits per heavy atom. The number of nitrogens with zero attached hydrogens (tertiary/aromatic N) is 3. The number of ether oxygens (including phenoxy) is 1. The minimum atomic E-state index is 0.544. The second kappa shape index (κ2) is 8.38. The number of benzene rings is 2. The maximum absolute atomic E-state index is 5.39. The number of imidazole rings is 1. The molecule has 0 bridgehead atoms. The molecule has 0 fully saturated rings. The first-order chi connectivity index (χ1) is 12.7. The van der Waals surface area contributed by atoms with Crippen molar-refractivity contribution >= 4 is 17.0 Å². The third kappa shape index (κ3) is 3.96. The van der Waals surface area contributed by atoms with E-state index in [0.717, 1.165) is 40.7 Å². The summed E-state index contributed by atoms with van der Waals surface area (Å²) in [7, 11) is 3.71. The van der Waals surface area contributed by atoms with E-state index in [4.69, 9.17) is 4.74 Å². The summed E-state index contributed by atoms with van der Waals surface area (Å²) in [6, 6.07) is 16.1. The summed E-state index contributed by atoms with van der Waals surface area (Å²) < 4.78 is 7.50. The van der Waals surface area contributed by atoms with Crippen LogP contribution >= 0.6 is 0 Å². The molecule has 1 heterocycles. The van der Waals surface area contributed by atoms with Crippen LogP contribution < -0.4 is 15.4 Å². The molecule has 6 nitrogen and oxygen atoms in total. The Bertz CT molecular complexity index is 900. The molecule has 0 saturated heterocycles. The number of guanidine groups is 1. The molecule has 0 unspecified atom stereocenters. The molecule has 6 heteroatoms. The van der Waals surface area contributed by atoms with Crippen LogP contribution in [0.15, 0.2) is 53.5 Å². The predicted molar refractivity (Wildman–Crippen MR) is 105 cm³/mol. The van der Waals surface area contributed by atoms with Gasteiger partial charge in [-0.15, -0.1) is 0 Å². The van der Waals surface area contributed by atoms with Gasteiger partial charge in [-0.25, -0.2) is 9.98 Å². The standard InChI is InChI=1S/C20H25N5O/c1-4-21-20(22-13-15-9-5-8-12-18(15)26-3)23-14-19-24-16-10-6-7-11-17(16)25(19)2/h5-12H,4,13-14H2,1-3H3,(H2,21,22,23). The summed E-state index contributed by atoms with van der Waals surface area (Å²) >= 11 is 0. The van der Waals surface area contributed by atoms with E-state index in [1.54, 1.807) is 7.11 Å². The molecule has 3 rings (SSSR count). The first-order valence-corrected chi connectivity index (χ1v) is 8.77. The topological polar surface area (TPSA) is 63.5 Å². The van der Waals surface area contributed by atoms with Crippen molar-refractivity contribution < 1.29 is 4.74 Å². The summed E-state index contributed by atoms with van der Waals surface area (Å²) in [5.74, 6) is 2.57. The minimum absolute atomic E-state index is 0.544. The fourth-order valence-electron chi connectivity index (χ4n) is 2.86. The molecule has 2 aromatic carbocycles. The van der Waals surface area contributed by atoms with Crippen molar-refractivity contribution in [3.63, 3.8) is 0 Å². The van der Waals surface area contributed by atoms with Gasteiger partial charge in [0.05, 0.1) is 31.2 Å². The van der Waals surface area contributed by atoms with Crippen LogP contribution in [-0.4, -0.2) is 29.2 Å². The zero-order valence-corrected chi connectivity index (χ0v) is 15.5. The van der Waals surface area contributed by atoms with Crippen molar-refractivity contribution in [3.05, 3.63) is 59.9 Å². The van der Waals surface area contributed by atoms with Gasteiger partial charge in [-0.05, 0) is 25.1 Å². The van der Waals surface area contributed by atoms with Gasteiger partial charge in [-0.3, -0.25) is 0 Å². The maximum Gasteiger partial charge on any atom is 0.191 e. The third-order valence-electron chi connectivity index (χ3n) is 4.24. The second-order valence-corrected chi connectivity index (χ2v) is 5.94. The van der Waals surface area contributed by atoms with Crippen molar-refractivity contribution in [2.75, 3.05) is 13.7 Å². The molecule has 136 valence electrons. The monoisotopic (exact) mass is 351 g/mol. The van der Waals surface area contributed by atoms with Crippen LogP contribution in [0.4, 0.5) is 0 Å². The Balaban J connectivity index is 1.72. The smallest absolute Gasteiger partial charge is 0.191 e. The summed E-state index contributed by atoms with van der Waals surface area (Å²) in [6.07, 6.45) is 0. The number of hydrogen-bond acceptors (Lipinski definition) is 3. The SMILES string of the molecule is CCNC(=NCc1ccccc1OC)NCc1nc2ccccc2n1C. The molecule has 0 aliphatic rings. The zero-order chi connectivity index (χ0) is 18.4. The first-order valence-electron chi connectivity index (χ1n) is 8.77. The highest BCUT2D eigenvalue weighted by molar-refractivity contribution is 5.80. The van der Waals surface area contributed by atoms with E-state index in [1.807, 2.05) is 49.5 Å². The molecule has 2 N–H and O–H groups in total. The van der Waals surface area contributed by atoms with Crippen molar-refractivity contribution in [3.8, 4) is 5.75 Å². The van der Waals surface area contributed by atoms with E-state index in [-0.39, 0.29) is 0 Å². The number of aliphatic imine (C=N–C) groups is 1. The molecule has 26 heavy (non-hydrogen) atoms. The van der Waals surface area contributed by atoms with E-state index < -0.39 is 0 Å². The van der Waals surface area contributed by atoms with Crippen LogP contribution in [-0.2, 0) is 20.1 Å². The summed E-state index contributed by atoms with van der Waals surface area (Å²) in [5.41, 5.74) is 3.18. The highest BCUT2D eigenvalue weighted by Crippen LogP contribution is 2.18. The lowest BCUT2D eigenvalue weighted by Gasteiger charge is -2.12. The van der Waals surface area contributed by atoms with Gasteiger partial charge in [0, 0.05) is 19.2 Å². The number of rotatable bonds is 6. The lowest BCUT2D eigenvalue weighted by Crippen LogP contribution is -2.37. The number of fused-ring (bicyclic) bond motifs is 1. The van der Waals surface area contributed by atoms with Gasteiger partial charge >= 0.3 is 0 Å². The van der Waals surface area contributed by atoms with Gasteiger partial charge in [0.1, 0.15) is 11.6 Å². The number of aryl methyl sites for hydroxylation is 1. The van der Waals surface area contributed by atoms with Gasteiger partial charge in [0.15, 0.2) is 5.96 Å². The number of hydrogen-bond donors (Lipinski definition) is 2. The largest absolute Gasteiger partial charge is 0.496 e. The van der Waals surface area contributed by atoms with E-state index >= 15 is 0 Å². The van der Waals surface area contributed by atoms with Crippen LogP contribution in [0.25, 0.3) is 11.0 Å². The van der Waals surface area contributed by atoms with Crippen LogP contribution in [0.5, 0.6) is 5.75 Å². The number of methoxy groups -OCH3 is 1. The summed E-state index contributed by atoms with van der Waals surface area (Å²) in [6.45, 7) is 3.99. The van der Waals surface area contributed by atoms with Crippen LogP contribution in [0.3, 0.4) is 0 Å². The lowest BCUT2D eigenvalue weighted by molar-refractivity contribution is 0.410. The van der Waals surface area contributed by atoms with Crippen LogP contribution in [0.2, 0.25) is 0 Å². The molecule has 1 aromatic heterocycles. The van der Waals surface area contributed by atoms with Gasteiger partial charge in [-0.1, -0.05) is 30.3 Å². The molecular formula is C20H25N5O. The number of nitrogens with one attached hydrogen (secondary N) is 2. The molecule has 3 aromatic rings. The highest BCUT2D eigenvalue weighted by Gasteiger charge is 2.08. The molecule has 0 aliphatic carbocycles. The van der Waals surface area contributed by atoms with Crippen molar-refractivity contribution in [2.24, 2.45) is 12.0 Å². The molecule has 0 aliphatic heterocycles. The van der Waals surface area contributed by atoms with Crippen LogP contribution in [0, 0.1) is 0 Å². The van der Waals surface area contributed by atoms with Crippen molar-refractivity contribution in [1.82, 2.24) is 20.2 Å². The van der Waals surface area contributed by atoms with E-state index in [9.17, 15) is 0 Å². The molecule has 0 spiro atoms. The van der Waals surface area contributed by atoms with Gasteiger partial charge in [0.2, 0.25) is 0 Å². The third-order valence-corrected chi connectivity index (χ3v) is 4.24. The Morgan fingerprint density at radius 1 is 1.12 bits per heavy atom. The second-order valence-electron chi connectivity index (χ2n) is 5.94. The van der Waals surface area contributed by atoms with Gasteiger partial charge < -0.3 is 19.9 Å². The minimum Gasteiger partial charge on any atom is -0.496 e. The Labute approximate surface area is 153 Å². The molecule has 0 saturated carbocycles. The highest BCUT2D eigenvalue weighted by atomic mass is 16.5. The average Bonchev–Trinajstić information content (AvgIpc) is 3.00. The number of aromatic nitrogens is 2. The fraction of sp³-hybridized carbons (Fsp3) is 0.300. The van der Waals surface area contributed by atoms with E-state index in [0.29, 0.717) is 13.1 Å². The molecule has 0 radical (unpaired) electrons. The molecule has 0 atom stereocenters. The van der Waals surface area contributed by atoms with E-state index in [1.165, 1.54) is 0 Å². The van der Waals surface area contributed by atoms with Crippen LogP contribution in [0.1, 0.15) is 18.3 Å². The van der Waals surface area contributed by atoms with Crippen molar-refractivity contribution in [1.29, 1.82) is 0 Å². The predicted octanol–water partition coefficient (Wildman–Crippen LogP) is 2.84.